The van der Waals surface area contributed by atoms with Crippen molar-refractivity contribution in [2.24, 2.45) is 0 Å². The summed E-state index contributed by atoms with van der Waals surface area (Å²) >= 11 is 0. The molecule has 1 rings (SSSR count). The van der Waals surface area contributed by atoms with Crippen LogP contribution in [-0.2, 0) is 6.54 Å². The van der Waals surface area contributed by atoms with Crippen LogP contribution in [0.2, 0.25) is 0 Å². The third-order valence-corrected chi connectivity index (χ3v) is 1.46. The van der Waals surface area contributed by atoms with Crippen LogP contribution in [0.4, 0.5) is 0 Å². The third kappa shape index (κ3) is 2.10. The molecule has 4 nitrogen and oxygen atoms in total. The van der Waals surface area contributed by atoms with Crippen LogP contribution in [0.5, 0.6) is 0 Å². The molecule has 0 amide bonds. The molecule has 1 aromatic heterocycles. The summed E-state index contributed by atoms with van der Waals surface area (Å²) in [7, 11) is 3.86. The Morgan fingerprint density at radius 3 is 2.67 bits per heavy atom. The predicted molar refractivity (Wildman–Crippen MR) is 45.1 cm³/mol. The fourth-order valence-electron chi connectivity index (χ4n) is 0.998. The van der Waals surface area contributed by atoms with E-state index in [1.165, 1.54) is 0 Å². The topological polar surface area (TPSA) is 56.3 Å². The lowest BCUT2D eigenvalue weighted by atomic mass is 10.4. The first-order chi connectivity index (χ1) is 5.59. The zero-order valence-electron chi connectivity index (χ0n) is 7.16. The Morgan fingerprint density at radius 2 is 2.25 bits per heavy atom. The number of rotatable bonds is 3. The van der Waals surface area contributed by atoms with E-state index in [4.69, 9.17) is 5.11 Å². The van der Waals surface area contributed by atoms with Gasteiger partial charge in [0.15, 0.2) is 0 Å². The number of nitrogens with one attached hydrogen (secondary N) is 1. The number of nitrogens with zero attached hydrogens (tertiary/aromatic N) is 1. The molecule has 0 aliphatic heterocycles. The second kappa shape index (κ2) is 3.40. The van der Waals surface area contributed by atoms with E-state index >= 15 is 0 Å². The summed E-state index contributed by atoms with van der Waals surface area (Å²) in [5, 5.41) is 8.59. The summed E-state index contributed by atoms with van der Waals surface area (Å²) in [5.74, 6) is -0.917. The second-order valence-corrected chi connectivity index (χ2v) is 2.94. The average Bonchev–Trinajstić information content (AvgIpc) is 2.34. The standard InChI is InChI=1S/C8H12N2O2/c1-10(2)5-6-3-4-7(9-6)8(11)12/h3-4,9H,5H2,1-2H3,(H,11,12). The number of carboxylic acid groups (broad SMARTS) is 1. The zero-order valence-corrected chi connectivity index (χ0v) is 7.16. The van der Waals surface area contributed by atoms with E-state index in [9.17, 15) is 4.79 Å². The van der Waals surface area contributed by atoms with E-state index in [1.54, 1.807) is 12.1 Å². The lowest BCUT2D eigenvalue weighted by Crippen LogP contribution is -2.11. The Kier molecular flexibility index (Phi) is 2.50. The molecule has 12 heavy (non-hydrogen) atoms. The van der Waals surface area contributed by atoms with Gasteiger partial charge in [-0.3, -0.25) is 0 Å². The molecule has 0 unspecified atom stereocenters. The number of H-pyrrole nitrogens is 1. The van der Waals surface area contributed by atoms with Crippen LogP contribution in [0.1, 0.15) is 16.2 Å². The van der Waals surface area contributed by atoms with Gasteiger partial charge in [-0.25, -0.2) is 4.79 Å². The van der Waals surface area contributed by atoms with E-state index < -0.39 is 5.97 Å². The lowest BCUT2D eigenvalue weighted by molar-refractivity contribution is 0.0691. The summed E-state index contributed by atoms with van der Waals surface area (Å²) in [6.45, 7) is 0.729. The SMILES string of the molecule is CN(C)Cc1ccc(C(=O)O)[nH]1. The van der Waals surface area contributed by atoms with Crippen molar-refractivity contribution in [2.75, 3.05) is 14.1 Å². The number of aromatic carboxylic acids is 1. The van der Waals surface area contributed by atoms with Gasteiger partial charge in [0, 0.05) is 12.2 Å². The van der Waals surface area contributed by atoms with Gasteiger partial charge in [-0.05, 0) is 26.2 Å². The second-order valence-electron chi connectivity index (χ2n) is 2.94. The molecule has 2 N–H and O–H groups in total. The highest BCUT2D eigenvalue weighted by Crippen LogP contribution is 2.03. The van der Waals surface area contributed by atoms with Gasteiger partial charge in [0.1, 0.15) is 5.69 Å². The van der Waals surface area contributed by atoms with Gasteiger partial charge in [-0.15, -0.1) is 0 Å². The Hall–Kier alpha value is -1.29. The Labute approximate surface area is 70.8 Å². The first kappa shape index (κ1) is 8.80. The molecule has 4 heteroatoms. The number of hydrogen-bond donors (Lipinski definition) is 2. The fraction of sp³-hybridized carbons (Fsp3) is 0.375. The van der Waals surface area contributed by atoms with Crippen molar-refractivity contribution < 1.29 is 9.90 Å². The zero-order chi connectivity index (χ0) is 9.14. The maximum atomic E-state index is 10.5. The van der Waals surface area contributed by atoms with Crippen LogP contribution in [0, 0.1) is 0 Å². The highest BCUT2D eigenvalue weighted by molar-refractivity contribution is 5.85. The fourth-order valence-corrected chi connectivity index (χ4v) is 0.998. The highest BCUT2D eigenvalue weighted by atomic mass is 16.4. The van der Waals surface area contributed by atoms with E-state index in [-0.39, 0.29) is 5.69 Å². The maximum Gasteiger partial charge on any atom is 0.352 e. The van der Waals surface area contributed by atoms with Crippen LogP contribution in [0.25, 0.3) is 0 Å². The van der Waals surface area contributed by atoms with Crippen LogP contribution in [-0.4, -0.2) is 35.1 Å². The Bertz CT molecular complexity index is 278. The van der Waals surface area contributed by atoms with Crippen molar-refractivity contribution in [3.63, 3.8) is 0 Å². The van der Waals surface area contributed by atoms with Crippen molar-refractivity contribution in [3.8, 4) is 0 Å². The highest BCUT2D eigenvalue weighted by Gasteiger charge is 2.05. The molecule has 0 aliphatic rings. The van der Waals surface area contributed by atoms with Crippen molar-refractivity contribution in [2.45, 2.75) is 6.54 Å². The molecule has 1 aromatic rings. The lowest BCUT2D eigenvalue weighted by Gasteiger charge is -2.06. The summed E-state index contributed by atoms with van der Waals surface area (Å²) < 4.78 is 0. The van der Waals surface area contributed by atoms with Gasteiger partial charge in [0.25, 0.3) is 0 Å². The number of aromatic amines is 1. The minimum Gasteiger partial charge on any atom is -0.477 e. The summed E-state index contributed by atoms with van der Waals surface area (Å²) in [5.41, 5.74) is 1.16. The molecule has 0 aromatic carbocycles. The smallest absolute Gasteiger partial charge is 0.352 e. The number of carbonyl (C=O) groups is 1. The number of hydrogen-bond acceptors (Lipinski definition) is 2. The van der Waals surface area contributed by atoms with Gasteiger partial charge >= 0.3 is 5.97 Å². The third-order valence-electron chi connectivity index (χ3n) is 1.46. The van der Waals surface area contributed by atoms with Crippen LogP contribution in [0.15, 0.2) is 12.1 Å². The number of carboxylic acids is 1. The number of aromatic nitrogens is 1. The molecular weight excluding hydrogens is 156 g/mol. The van der Waals surface area contributed by atoms with Crippen molar-refractivity contribution in [3.05, 3.63) is 23.5 Å². The molecule has 0 aliphatic carbocycles. The van der Waals surface area contributed by atoms with Crippen molar-refractivity contribution >= 4 is 5.97 Å². The molecule has 1 heterocycles. The summed E-state index contributed by atoms with van der Waals surface area (Å²) in [6.07, 6.45) is 0. The van der Waals surface area contributed by atoms with Crippen LogP contribution < -0.4 is 0 Å². The monoisotopic (exact) mass is 168 g/mol. The maximum absolute atomic E-state index is 10.5. The quantitative estimate of drug-likeness (QED) is 0.701. The van der Waals surface area contributed by atoms with Gasteiger partial charge in [-0.1, -0.05) is 0 Å². The molecule has 0 saturated carbocycles. The van der Waals surface area contributed by atoms with Crippen LogP contribution >= 0.6 is 0 Å². The largest absolute Gasteiger partial charge is 0.477 e. The molecular formula is C8H12N2O2. The molecule has 0 bridgehead atoms. The van der Waals surface area contributed by atoms with Gasteiger partial charge in [-0.2, -0.15) is 0 Å². The van der Waals surface area contributed by atoms with E-state index in [2.05, 4.69) is 4.98 Å². The van der Waals surface area contributed by atoms with Gasteiger partial charge < -0.3 is 15.0 Å². The van der Waals surface area contributed by atoms with Gasteiger partial charge in [0.2, 0.25) is 0 Å². The van der Waals surface area contributed by atoms with Gasteiger partial charge in [0.05, 0.1) is 0 Å². The predicted octanol–water partition coefficient (Wildman–Crippen LogP) is 0.774. The normalized spacial score (nSPS) is 10.6. The molecule has 66 valence electrons. The molecule has 0 saturated heterocycles. The summed E-state index contributed by atoms with van der Waals surface area (Å²) in [6, 6.07) is 3.35. The molecule has 0 atom stereocenters. The summed E-state index contributed by atoms with van der Waals surface area (Å²) in [4.78, 5) is 15.2. The first-order valence-corrected chi connectivity index (χ1v) is 3.65. The minimum atomic E-state index is -0.917. The Balaban J connectivity index is 2.71. The van der Waals surface area contributed by atoms with E-state index in [0.29, 0.717) is 0 Å². The van der Waals surface area contributed by atoms with Crippen molar-refractivity contribution in [1.82, 2.24) is 9.88 Å². The molecule has 0 radical (unpaired) electrons. The average molecular weight is 168 g/mol. The molecule has 0 fully saturated rings. The van der Waals surface area contributed by atoms with Crippen molar-refractivity contribution in [1.29, 1.82) is 0 Å². The van der Waals surface area contributed by atoms with Crippen LogP contribution in [0.3, 0.4) is 0 Å². The first-order valence-electron chi connectivity index (χ1n) is 3.65. The van der Waals surface area contributed by atoms with E-state index in [1.807, 2.05) is 19.0 Å². The van der Waals surface area contributed by atoms with E-state index in [0.717, 1.165) is 12.2 Å². The minimum absolute atomic E-state index is 0.242. The Morgan fingerprint density at radius 1 is 1.58 bits per heavy atom. The molecule has 0 spiro atoms.